The Labute approximate surface area is 127 Å². The van der Waals surface area contributed by atoms with Crippen molar-refractivity contribution >= 4 is 23.2 Å². The molecule has 0 saturated carbocycles. The molecule has 4 nitrogen and oxygen atoms in total. The van der Waals surface area contributed by atoms with Crippen molar-refractivity contribution in [3.8, 4) is 11.1 Å². The molecule has 0 amide bonds. The van der Waals surface area contributed by atoms with E-state index in [0.717, 1.165) is 22.8 Å². The molecule has 0 radical (unpaired) electrons. The molecule has 3 aromatic rings. The number of esters is 1. The molecule has 0 aliphatic carbocycles. The molecule has 110 valence electrons. The zero-order chi connectivity index (χ0) is 15.5. The molecule has 2 aromatic carbocycles. The number of aromatic amines is 1. The Bertz CT molecular complexity index is 848. The van der Waals surface area contributed by atoms with Gasteiger partial charge in [-0.1, -0.05) is 42.5 Å². The van der Waals surface area contributed by atoms with Crippen molar-refractivity contribution in [2.75, 3.05) is 6.61 Å². The van der Waals surface area contributed by atoms with Crippen LogP contribution >= 0.6 is 0 Å². The van der Waals surface area contributed by atoms with E-state index >= 15 is 0 Å². The van der Waals surface area contributed by atoms with Crippen molar-refractivity contribution in [1.82, 2.24) is 4.98 Å². The third kappa shape index (κ3) is 2.29. The van der Waals surface area contributed by atoms with Gasteiger partial charge in [-0.2, -0.15) is 0 Å². The van der Waals surface area contributed by atoms with Crippen LogP contribution in [0.5, 0.6) is 0 Å². The topological polar surface area (TPSA) is 59.2 Å². The number of hydrogen-bond donors (Lipinski definition) is 1. The first-order chi connectivity index (χ1) is 10.8. The number of H-pyrrole nitrogens is 1. The molecule has 1 heterocycles. The molecular formula is C18H15NO3. The lowest BCUT2D eigenvalue weighted by molar-refractivity contribution is 0.0521. The van der Waals surface area contributed by atoms with Crippen molar-refractivity contribution < 1.29 is 14.3 Å². The second-order valence-electron chi connectivity index (χ2n) is 4.85. The van der Waals surface area contributed by atoms with Gasteiger partial charge in [-0.3, -0.25) is 4.79 Å². The van der Waals surface area contributed by atoms with E-state index in [9.17, 15) is 9.59 Å². The Morgan fingerprint density at radius 2 is 1.86 bits per heavy atom. The third-order valence-electron chi connectivity index (χ3n) is 3.54. The van der Waals surface area contributed by atoms with E-state index in [0.29, 0.717) is 23.4 Å². The molecule has 0 atom stereocenters. The van der Waals surface area contributed by atoms with E-state index in [1.54, 1.807) is 19.1 Å². The molecule has 0 spiro atoms. The smallest absolute Gasteiger partial charge is 0.355 e. The SMILES string of the molecule is CCOC(=O)c1[nH]c2ccccc2c1-c1ccccc1C=O. The molecule has 22 heavy (non-hydrogen) atoms. The molecule has 0 saturated heterocycles. The number of hydrogen-bond acceptors (Lipinski definition) is 3. The summed E-state index contributed by atoms with van der Waals surface area (Å²) in [5.41, 5.74) is 3.17. The van der Waals surface area contributed by atoms with Gasteiger partial charge in [-0.15, -0.1) is 0 Å². The van der Waals surface area contributed by atoms with E-state index < -0.39 is 5.97 Å². The number of nitrogens with one attached hydrogen (secondary N) is 1. The Morgan fingerprint density at radius 1 is 1.14 bits per heavy atom. The molecular weight excluding hydrogens is 278 g/mol. The van der Waals surface area contributed by atoms with Crippen molar-refractivity contribution in [1.29, 1.82) is 0 Å². The molecule has 0 fully saturated rings. The van der Waals surface area contributed by atoms with Crippen LogP contribution in [-0.4, -0.2) is 23.8 Å². The van der Waals surface area contributed by atoms with Gasteiger partial charge in [0, 0.05) is 22.0 Å². The molecule has 1 N–H and O–H groups in total. The quantitative estimate of drug-likeness (QED) is 0.587. The Hall–Kier alpha value is -2.88. The average molecular weight is 293 g/mol. The maximum Gasteiger partial charge on any atom is 0.355 e. The zero-order valence-electron chi connectivity index (χ0n) is 12.1. The largest absolute Gasteiger partial charge is 0.461 e. The lowest BCUT2D eigenvalue weighted by atomic mass is 9.97. The summed E-state index contributed by atoms with van der Waals surface area (Å²) in [6, 6.07) is 14.8. The van der Waals surface area contributed by atoms with E-state index in [1.165, 1.54) is 0 Å². The summed E-state index contributed by atoms with van der Waals surface area (Å²) < 4.78 is 5.13. The minimum Gasteiger partial charge on any atom is -0.461 e. The third-order valence-corrected chi connectivity index (χ3v) is 3.54. The first-order valence-electron chi connectivity index (χ1n) is 7.08. The summed E-state index contributed by atoms with van der Waals surface area (Å²) in [6.07, 6.45) is 0.798. The Morgan fingerprint density at radius 3 is 2.64 bits per heavy atom. The first kappa shape index (κ1) is 14.1. The van der Waals surface area contributed by atoms with Crippen LogP contribution in [0.4, 0.5) is 0 Å². The van der Waals surface area contributed by atoms with Crippen LogP contribution in [0, 0.1) is 0 Å². The van der Waals surface area contributed by atoms with E-state index in [1.807, 2.05) is 36.4 Å². The van der Waals surface area contributed by atoms with Crippen LogP contribution in [0.15, 0.2) is 48.5 Å². The molecule has 4 heteroatoms. The minimum atomic E-state index is -0.422. The maximum absolute atomic E-state index is 12.3. The Balaban J connectivity index is 2.33. The van der Waals surface area contributed by atoms with Crippen molar-refractivity contribution in [3.63, 3.8) is 0 Å². The molecule has 0 bridgehead atoms. The second kappa shape index (κ2) is 5.85. The van der Waals surface area contributed by atoms with Crippen LogP contribution < -0.4 is 0 Å². The van der Waals surface area contributed by atoms with Gasteiger partial charge in [0.25, 0.3) is 0 Å². The van der Waals surface area contributed by atoms with Crippen LogP contribution in [0.3, 0.4) is 0 Å². The highest BCUT2D eigenvalue weighted by Crippen LogP contribution is 2.34. The standard InChI is InChI=1S/C18H15NO3/c1-2-22-18(21)17-16(13-8-4-3-7-12(13)11-20)14-9-5-6-10-15(14)19-17/h3-11,19H,2H2,1H3. The first-order valence-corrected chi connectivity index (χ1v) is 7.08. The summed E-state index contributed by atoms with van der Waals surface area (Å²) >= 11 is 0. The molecule has 3 rings (SSSR count). The van der Waals surface area contributed by atoms with Crippen LogP contribution in [0.1, 0.15) is 27.8 Å². The fourth-order valence-corrected chi connectivity index (χ4v) is 2.61. The molecule has 0 aliphatic heterocycles. The van der Waals surface area contributed by atoms with Crippen LogP contribution in [-0.2, 0) is 4.74 Å². The van der Waals surface area contributed by atoms with E-state index in [4.69, 9.17) is 4.74 Å². The lowest BCUT2D eigenvalue weighted by Gasteiger charge is -2.07. The summed E-state index contributed by atoms with van der Waals surface area (Å²) in [7, 11) is 0. The number of aromatic nitrogens is 1. The van der Waals surface area contributed by atoms with Gasteiger partial charge in [0.1, 0.15) is 5.69 Å². The molecule has 0 unspecified atom stereocenters. The number of ether oxygens (including phenoxy) is 1. The van der Waals surface area contributed by atoms with Gasteiger partial charge in [0.15, 0.2) is 6.29 Å². The monoisotopic (exact) mass is 293 g/mol. The molecule has 0 aliphatic rings. The minimum absolute atomic E-state index is 0.295. The fraction of sp³-hybridized carbons (Fsp3) is 0.111. The van der Waals surface area contributed by atoms with Crippen molar-refractivity contribution in [2.24, 2.45) is 0 Å². The average Bonchev–Trinajstić information content (AvgIpc) is 2.94. The van der Waals surface area contributed by atoms with Gasteiger partial charge in [0.2, 0.25) is 0 Å². The van der Waals surface area contributed by atoms with Crippen LogP contribution in [0.2, 0.25) is 0 Å². The predicted octanol–water partition coefficient (Wildman–Crippen LogP) is 3.82. The normalized spacial score (nSPS) is 10.6. The zero-order valence-corrected chi connectivity index (χ0v) is 12.1. The highest BCUT2D eigenvalue weighted by atomic mass is 16.5. The number of benzene rings is 2. The highest BCUT2D eigenvalue weighted by molar-refractivity contribution is 6.10. The summed E-state index contributed by atoms with van der Waals surface area (Å²) in [5.74, 6) is -0.422. The number of carbonyl (C=O) groups excluding carboxylic acids is 2. The van der Waals surface area contributed by atoms with Gasteiger partial charge in [-0.05, 0) is 18.6 Å². The fourth-order valence-electron chi connectivity index (χ4n) is 2.61. The number of para-hydroxylation sites is 1. The number of aldehydes is 1. The second-order valence-corrected chi connectivity index (χ2v) is 4.85. The number of rotatable bonds is 4. The van der Waals surface area contributed by atoms with Crippen molar-refractivity contribution in [2.45, 2.75) is 6.92 Å². The van der Waals surface area contributed by atoms with E-state index in [2.05, 4.69) is 4.98 Å². The molecule has 1 aromatic heterocycles. The number of carbonyl (C=O) groups is 2. The van der Waals surface area contributed by atoms with Crippen molar-refractivity contribution in [3.05, 3.63) is 59.8 Å². The summed E-state index contributed by atoms with van der Waals surface area (Å²) in [5, 5.41) is 0.889. The Kier molecular flexibility index (Phi) is 3.74. The summed E-state index contributed by atoms with van der Waals surface area (Å²) in [4.78, 5) is 26.7. The lowest BCUT2D eigenvalue weighted by Crippen LogP contribution is -2.06. The van der Waals surface area contributed by atoms with Gasteiger partial charge >= 0.3 is 5.97 Å². The predicted molar refractivity (Wildman–Crippen MR) is 85.1 cm³/mol. The van der Waals surface area contributed by atoms with E-state index in [-0.39, 0.29) is 0 Å². The van der Waals surface area contributed by atoms with Gasteiger partial charge < -0.3 is 9.72 Å². The number of fused-ring (bicyclic) bond motifs is 1. The van der Waals surface area contributed by atoms with Gasteiger partial charge in [0.05, 0.1) is 6.61 Å². The van der Waals surface area contributed by atoms with Crippen LogP contribution in [0.25, 0.3) is 22.0 Å². The summed E-state index contributed by atoms with van der Waals surface area (Å²) in [6.45, 7) is 2.06. The van der Waals surface area contributed by atoms with Gasteiger partial charge in [-0.25, -0.2) is 4.79 Å². The maximum atomic E-state index is 12.3. The highest BCUT2D eigenvalue weighted by Gasteiger charge is 2.21.